The highest BCUT2D eigenvalue weighted by Gasteiger charge is 2.38. The van der Waals surface area contributed by atoms with Crippen LogP contribution < -0.4 is 0 Å². The summed E-state index contributed by atoms with van der Waals surface area (Å²) in [7, 11) is 0. The smallest absolute Gasteiger partial charge is 0.112 e. The molecule has 0 amide bonds. The first-order valence-electron chi connectivity index (χ1n) is 3.30. The molecule has 0 aromatic heterocycles. The third-order valence-corrected chi connectivity index (χ3v) is 3.68. The van der Waals surface area contributed by atoms with Crippen molar-refractivity contribution in [2.24, 2.45) is 11.3 Å². The van der Waals surface area contributed by atoms with Gasteiger partial charge in [0, 0.05) is 0 Å². The van der Waals surface area contributed by atoms with Gasteiger partial charge in [-0.3, -0.25) is 0 Å². The molecular formula is C7H13IO. The first-order valence-corrected chi connectivity index (χ1v) is 4.54. The molecule has 0 saturated carbocycles. The van der Waals surface area contributed by atoms with Crippen LogP contribution in [0.4, 0.5) is 0 Å². The molecule has 0 radical (unpaired) electrons. The zero-order chi connectivity index (χ0) is 7.07. The lowest BCUT2D eigenvalue weighted by Gasteiger charge is -2.21. The normalized spacial score (nSPS) is 41.3. The summed E-state index contributed by atoms with van der Waals surface area (Å²) in [6, 6.07) is 0. The lowest BCUT2D eigenvalue weighted by atomic mass is 9.84. The van der Waals surface area contributed by atoms with Crippen LogP contribution in [0.15, 0.2) is 0 Å². The average molecular weight is 240 g/mol. The van der Waals surface area contributed by atoms with Gasteiger partial charge in [0.15, 0.2) is 0 Å². The van der Waals surface area contributed by atoms with Crippen LogP contribution in [0.5, 0.6) is 0 Å². The molecule has 54 valence electrons. The van der Waals surface area contributed by atoms with E-state index in [1.807, 2.05) is 0 Å². The number of halogens is 1. The van der Waals surface area contributed by atoms with Crippen molar-refractivity contribution < 1.29 is 4.74 Å². The topological polar surface area (TPSA) is 9.23 Å². The summed E-state index contributed by atoms with van der Waals surface area (Å²) in [4.78, 5) is 0. The summed E-state index contributed by atoms with van der Waals surface area (Å²) < 4.78 is 5.90. The number of alkyl halides is 1. The van der Waals surface area contributed by atoms with Gasteiger partial charge in [-0.25, -0.2) is 0 Å². The molecule has 1 aliphatic rings. The zero-order valence-corrected chi connectivity index (χ0v) is 8.31. The van der Waals surface area contributed by atoms with Gasteiger partial charge in [0.05, 0.1) is 6.61 Å². The quantitative estimate of drug-likeness (QED) is 0.466. The van der Waals surface area contributed by atoms with Crippen molar-refractivity contribution in [3.05, 3.63) is 0 Å². The first kappa shape index (κ1) is 7.79. The Morgan fingerprint density at radius 2 is 2.11 bits per heavy atom. The van der Waals surface area contributed by atoms with Gasteiger partial charge in [0.1, 0.15) is 4.11 Å². The second-order valence-electron chi connectivity index (χ2n) is 3.44. The van der Waals surface area contributed by atoms with Crippen LogP contribution in [-0.4, -0.2) is 10.7 Å². The molecule has 0 aromatic carbocycles. The lowest BCUT2D eigenvalue weighted by molar-refractivity contribution is 0.157. The van der Waals surface area contributed by atoms with Crippen LogP contribution in [0.3, 0.4) is 0 Å². The minimum absolute atomic E-state index is 0.395. The van der Waals surface area contributed by atoms with Crippen LogP contribution in [0.1, 0.15) is 20.8 Å². The highest BCUT2D eigenvalue weighted by atomic mass is 127. The molecule has 1 rings (SSSR count). The van der Waals surface area contributed by atoms with E-state index in [4.69, 9.17) is 4.74 Å². The predicted molar refractivity (Wildman–Crippen MR) is 46.7 cm³/mol. The first-order chi connectivity index (χ1) is 4.04. The van der Waals surface area contributed by atoms with E-state index >= 15 is 0 Å². The molecule has 0 spiro atoms. The zero-order valence-electron chi connectivity index (χ0n) is 6.15. The third-order valence-electron chi connectivity index (χ3n) is 2.24. The maximum absolute atomic E-state index is 5.47. The molecule has 0 aliphatic carbocycles. The van der Waals surface area contributed by atoms with E-state index in [1.165, 1.54) is 0 Å². The summed E-state index contributed by atoms with van der Waals surface area (Å²) in [5, 5.41) is 0. The highest BCUT2D eigenvalue weighted by molar-refractivity contribution is 14.1. The van der Waals surface area contributed by atoms with Gasteiger partial charge < -0.3 is 4.74 Å². The molecule has 1 nitrogen and oxygen atoms in total. The van der Waals surface area contributed by atoms with Crippen molar-refractivity contribution in [2.45, 2.75) is 24.9 Å². The summed E-state index contributed by atoms with van der Waals surface area (Å²) >= 11 is 2.36. The van der Waals surface area contributed by atoms with Gasteiger partial charge in [-0.2, -0.15) is 0 Å². The van der Waals surface area contributed by atoms with Gasteiger partial charge >= 0.3 is 0 Å². The summed E-state index contributed by atoms with van der Waals surface area (Å²) in [6.45, 7) is 7.69. The monoisotopic (exact) mass is 240 g/mol. The lowest BCUT2D eigenvalue weighted by Crippen LogP contribution is -2.20. The molecule has 0 bridgehead atoms. The maximum atomic E-state index is 5.47. The van der Waals surface area contributed by atoms with Crippen LogP contribution in [0.25, 0.3) is 0 Å². The van der Waals surface area contributed by atoms with Crippen LogP contribution in [0.2, 0.25) is 0 Å². The number of rotatable bonds is 0. The third kappa shape index (κ3) is 1.40. The van der Waals surface area contributed by atoms with Crippen LogP contribution in [0, 0.1) is 11.3 Å². The molecule has 2 heteroatoms. The standard InChI is InChI=1S/C7H13IO/c1-5-6(8)9-4-7(5,2)3/h5-6H,4H2,1-3H3. The highest BCUT2D eigenvalue weighted by Crippen LogP contribution is 2.39. The SMILES string of the molecule is CC1C(I)OCC1(C)C. The van der Waals surface area contributed by atoms with Crippen molar-refractivity contribution in [3.63, 3.8) is 0 Å². The maximum Gasteiger partial charge on any atom is 0.112 e. The van der Waals surface area contributed by atoms with E-state index in [2.05, 4.69) is 43.4 Å². The van der Waals surface area contributed by atoms with E-state index in [0.717, 1.165) is 6.61 Å². The second-order valence-corrected chi connectivity index (χ2v) is 4.67. The van der Waals surface area contributed by atoms with Crippen molar-refractivity contribution in [3.8, 4) is 0 Å². The fourth-order valence-corrected chi connectivity index (χ4v) is 2.08. The van der Waals surface area contributed by atoms with Crippen molar-refractivity contribution in [2.75, 3.05) is 6.61 Å². The van der Waals surface area contributed by atoms with E-state index in [9.17, 15) is 0 Å². The Bertz CT molecular complexity index is 111. The Balaban J connectivity index is 2.62. The van der Waals surface area contributed by atoms with E-state index < -0.39 is 0 Å². The van der Waals surface area contributed by atoms with E-state index in [1.54, 1.807) is 0 Å². The Labute approximate surface area is 70.3 Å². The van der Waals surface area contributed by atoms with Crippen molar-refractivity contribution in [1.29, 1.82) is 0 Å². The minimum Gasteiger partial charge on any atom is -0.367 e. The Hall–Kier alpha value is 0.690. The molecule has 2 atom stereocenters. The van der Waals surface area contributed by atoms with Gasteiger partial charge in [0.25, 0.3) is 0 Å². The molecule has 1 aliphatic heterocycles. The average Bonchev–Trinajstić information content (AvgIpc) is 1.97. The molecule has 0 N–H and O–H groups in total. The Morgan fingerprint density at radius 1 is 1.56 bits per heavy atom. The summed E-state index contributed by atoms with van der Waals surface area (Å²) in [6.07, 6.45) is 0. The molecule has 1 heterocycles. The second kappa shape index (κ2) is 2.38. The Morgan fingerprint density at radius 3 is 2.22 bits per heavy atom. The largest absolute Gasteiger partial charge is 0.367 e. The van der Waals surface area contributed by atoms with Crippen molar-refractivity contribution in [1.82, 2.24) is 0 Å². The summed E-state index contributed by atoms with van der Waals surface area (Å²) in [5.74, 6) is 0.693. The van der Waals surface area contributed by atoms with Crippen LogP contribution >= 0.6 is 22.6 Å². The van der Waals surface area contributed by atoms with Gasteiger partial charge in [0.2, 0.25) is 0 Å². The molecule has 0 aromatic rings. The molecule has 1 fully saturated rings. The number of hydrogen-bond donors (Lipinski definition) is 0. The van der Waals surface area contributed by atoms with E-state index in [-0.39, 0.29) is 0 Å². The van der Waals surface area contributed by atoms with Gasteiger partial charge in [-0.05, 0) is 11.3 Å². The van der Waals surface area contributed by atoms with Crippen molar-refractivity contribution >= 4 is 22.6 Å². The van der Waals surface area contributed by atoms with E-state index in [0.29, 0.717) is 15.4 Å². The van der Waals surface area contributed by atoms with Gasteiger partial charge in [-0.15, -0.1) is 0 Å². The Kier molecular flexibility index (Phi) is 2.06. The predicted octanol–water partition coefficient (Wildman–Crippen LogP) is 2.44. The molecule has 9 heavy (non-hydrogen) atoms. The number of ether oxygens (including phenoxy) is 1. The minimum atomic E-state index is 0.395. The fourth-order valence-electron chi connectivity index (χ4n) is 0.925. The molecule has 1 saturated heterocycles. The molecular weight excluding hydrogens is 227 g/mol. The van der Waals surface area contributed by atoms with Gasteiger partial charge in [-0.1, -0.05) is 43.4 Å². The molecule has 2 unspecified atom stereocenters. The van der Waals surface area contributed by atoms with Crippen LogP contribution in [-0.2, 0) is 4.74 Å². The fraction of sp³-hybridized carbons (Fsp3) is 1.00. The number of hydrogen-bond acceptors (Lipinski definition) is 1. The summed E-state index contributed by atoms with van der Waals surface area (Å²) in [5.41, 5.74) is 0.395.